The Hall–Kier alpha value is -0.940. The number of nitrogens with two attached hydrogens (primary N) is 1. The zero-order valence-electron chi connectivity index (χ0n) is 10.4. The Bertz CT molecular complexity index is 422. The molecule has 0 bridgehead atoms. The van der Waals surface area contributed by atoms with Gasteiger partial charge in [-0.25, -0.2) is 0 Å². The van der Waals surface area contributed by atoms with Crippen LogP contribution in [-0.2, 0) is 0 Å². The molecule has 94 valence electrons. The molecule has 0 aromatic carbocycles. The maximum atomic E-state index is 12.1. The standard InChI is InChI=1S/C12H18N2OS2/c1-4-12(5-2,11(13)16)14-10(15)9-7-17-6-8(9)3/h6-7H,4-5H2,1-3H3,(H2,13,16)(H,14,15). The quantitative estimate of drug-likeness (QED) is 0.809. The average Bonchev–Trinajstić information content (AvgIpc) is 2.72. The average molecular weight is 270 g/mol. The van der Waals surface area contributed by atoms with Gasteiger partial charge in [0.05, 0.1) is 16.1 Å². The SMILES string of the molecule is CCC(CC)(NC(=O)c1cscc1C)C(N)=S. The number of carbonyl (C=O) groups is 1. The van der Waals surface area contributed by atoms with Crippen LogP contribution >= 0.6 is 23.6 Å². The van der Waals surface area contributed by atoms with E-state index in [0.717, 1.165) is 5.56 Å². The van der Waals surface area contributed by atoms with Gasteiger partial charge in [-0.3, -0.25) is 4.79 Å². The molecule has 0 saturated carbocycles. The Kier molecular flexibility index (Phi) is 4.65. The fourth-order valence-electron chi connectivity index (χ4n) is 1.71. The molecule has 3 nitrogen and oxygen atoms in total. The van der Waals surface area contributed by atoms with Gasteiger partial charge in [0, 0.05) is 5.38 Å². The summed E-state index contributed by atoms with van der Waals surface area (Å²) in [7, 11) is 0. The van der Waals surface area contributed by atoms with Gasteiger partial charge in [0.2, 0.25) is 0 Å². The van der Waals surface area contributed by atoms with Crippen LogP contribution in [0, 0.1) is 6.92 Å². The molecule has 0 aliphatic heterocycles. The zero-order valence-corrected chi connectivity index (χ0v) is 12.0. The molecule has 0 atom stereocenters. The van der Waals surface area contributed by atoms with Crippen molar-refractivity contribution in [3.05, 3.63) is 21.9 Å². The zero-order chi connectivity index (χ0) is 13.1. The second-order valence-corrected chi connectivity index (χ2v) is 5.26. The van der Waals surface area contributed by atoms with Gasteiger partial charge in [0.15, 0.2) is 0 Å². The highest BCUT2D eigenvalue weighted by molar-refractivity contribution is 7.80. The lowest BCUT2D eigenvalue weighted by atomic mass is 9.92. The summed E-state index contributed by atoms with van der Waals surface area (Å²) in [6.07, 6.45) is 1.40. The van der Waals surface area contributed by atoms with E-state index in [9.17, 15) is 4.79 Å². The van der Waals surface area contributed by atoms with E-state index in [1.165, 1.54) is 11.3 Å². The molecule has 0 spiro atoms. The second-order valence-electron chi connectivity index (χ2n) is 4.08. The van der Waals surface area contributed by atoms with Crippen molar-refractivity contribution in [3.63, 3.8) is 0 Å². The number of carbonyl (C=O) groups excluding carboxylic acids is 1. The number of rotatable bonds is 5. The molecule has 1 amide bonds. The number of hydrogen-bond acceptors (Lipinski definition) is 3. The summed E-state index contributed by atoms with van der Waals surface area (Å²) in [5.74, 6) is -0.0970. The molecule has 1 aromatic rings. The fraction of sp³-hybridized carbons (Fsp3) is 0.500. The van der Waals surface area contributed by atoms with Gasteiger partial charge in [-0.2, -0.15) is 11.3 Å². The Morgan fingerprint density at radius 2 is 2.06 bits per heavy atom. The number of aryl methyl sites for hydroxylation is 1. The summed E-state index contributed by atoms with van der Waals surface area (Å²) in [6.45, 7) is 5.87. The van der Waals surface area contributed by atoms with E-state index in [-0.39, 0.29) is 5.91 Å². The van der Waals surface area contributed by atoms with Crippen molar-refractivity contribution in [1.82, 2.24) is 5.32 Å². The molecule has 0 unspecified atom stereocenters. The highest BCUT2D eigenvalue weighted by Crippen LogP contribution is 2.19. The van der Waals surface area contributed by atoms with Crippen LogP contribution in [0.3, 0.4) is 0 Å². The lowest BCUT2D eigenvalue weighted by molar-refractivity contribution is 0.0919. The van der Waals surface area contributed by atoms with Crippen molar-refractivity contribution in [2.24, 2.45) is 5.73 Å². The minimum atomic E-state index is -0.569. The molecule has 0 saturated heterocycles. The normalized spacial score (nSPS) is 11.2. The summed E-state index contributed by atoms with van der Waals surface area (Å²) in [6, 6.07) is 0. The molecule has 0 fully saturated rings. The van der Waals surface area contributed by atoms with Gasteiger partial charge >= 0.3 is 0 Å². The van der Waals surface area contributed by atoms with E-state index in [1.807, 2.05) is 31.5 Å². The predicted octanol–water partition coefficient (Wildman–Crippen LogP) is 2.63. The minimum absolute atomic E-state index is 0.0970. The fourth-order valence-corrected chi connectivity index (χ4v) is 2.88. The van der Waals surface area contributed by atoms with Gasteiger partial charge in [-0.05, 0) is 30.7 Å². The summed E-state index contributed by atoms with van der Waals surface area (Å²) in [5, 5.41) is 6.78. The topological polar surface area (TPSA) is 55.1 Å². The molecule has 0 aliphatic carbocycles. The molecular weight excluding hydrogens is 252 g/mol. The van der Waals surface area contributed by atoms with Crippen molar-refractivity contribution < 1.29 is 4.79 Å². The molecular formula is C12H18N2OS2. The van der Waals surface area contributed by atoms with Crippen LogP contribution in [0.15, 0.2) is 10.8 Å². The van der Waals surface area contributed by atoms with E-state index in [1.54, 1.807) is 0 Å². The summed E-state index contributed by atoms with van der Waals surface area (Å²) in [4.78, 5) is 12.5. The van der Waals surface area contributed by atoms with Crippen molar-refractivity contribution in [3.8, 4) is 0 Å². The third-order valence-electron chi connectivity index (χ3n) is 3.13. The lowest BCUT2D eigenvalue weighted by Crippen LogP contribution is -2.56. The Morgan fingerprint density at radius 3 is 2.41 bits per heavy atom. The van der Waals surface area contributed by atoms with Crippen LogP contribution in [0.5, 0.6) is 0 Å². The number of nitrogens with one attached hydrogen (secondary N) is 1. The van der Waals surface area contributed by atoms with Crippen LogP contribution < -0.4 is 11.1 Å². The monoisotopic (exact) mass is 270 g/mol. The van der Waals surface area contributed by atoms with Crippen molar-refractivity contribution >= 4 is 34.5 Å². The van der Waals surface area contributed by atoms with Gasteiger partial charge in [0.25, 0.3) is 5.91 Å². The van der Waals surface area contributed by atoms with E-state index in [2.05, 4.69) is 5.32 Å². The number of thiophene rings is 1. The maximum absolute atomic E-state index is 12.1. The molecule has 1 heterocycles. The van der Waals surface area contributed by atoms with Gasteiger partial charge in [-0.15, -0.1) is 0 Å². The number of thiocarbonyl (C=S) groups is 1. The Labute approximate surface area is 111 Å². The lowest BCUT2D eigenvalue weighted by Gasteiger charge is -2.31. The maximum Gasteiger partial charge on any atom is 0.253 e. The van der Waals surface area contributed by atoms with Crippen LogP contribution in [-0.4, -0.2) is 16.4 Å². The number of amides is 1. The molecule has 5 heteroatoms. The van der Waals surface area contributed by atoms with Crippen molar-refractivity contribution in [1.29, 1.82) is 0 Å². The van der Waals surface area contributed by atoms with E-state index in [4.69, 9.17) is 18.0 Å². The Morgan fingerprint density at radius 1 is 1.47 bits per heavy atom. The Balaban J connectivity index is 2.93. The first-order chi connectivity index (χ1) is 7.96. The smallest absolute Gasteiger partial charge is 0.253 e. The first kappa shape index (κ1) is 14.1. The van der Waals surface area contributed by atoms with E-state index >= 15 is 0 Å². The minimum Gasteiger partial charge on any atom is -0.391 e. The van der Waals surface area contributed by atoms with Gasteiger partial charge in [-0.1, -0.05) is 26.1 Å². The van der Waals surface area contributed by atoms with E-state index in [0.29, 0.717) is 23.4 Å². The first-order valence-electron chi connectivity index (χ1n) is 5.62. The van der Waals surface area contributed by atoms with Crippen LogP contribution in [0.4, 0.5) is 0 Å². The molecule has 3 N–H and O–H groups in total. The highest BCUT2D eigenvalue weighted by atomic mass is 32.1. The van der Waals surface area contributed by atoms with Gasteiger partial charge < -0.3 is 11.1 Å². The summed E-state index contributed by atoms with van der Waals surface area (Å²) in [5.41, 5.74) is 6.87. The first-order valence-corrected chi connectivity index (χ1v) is 6.97. The van der Waals surface area contributed by atoms with Crippen LogP contribution in [0.25, 0.3) is 0 Å². The summed E-state index contributed by atoms with van der Waals surface area (Å²) >= 11 is 6.59. The largest absolute Gasteiger partial charge is 0.391 e. The van der Waals surface area contributed by atoms with E-state index < -0.39 is 5.54 Å². The van der Waals surface area contributed by atoms with Crippen molar-refractivity contribution in [2.75, 3.05) is 0 Å². The van der Waals surface area contributed by atoms with Crippen molar-refractivity contribution in [2.45, 2.75) is 39.2 Å². The molecule has 17 heavy (non-hydrogen) atoms. The second kappa shape index (κ2) is 5.60. The van der Waals surface area contributed by atoms with Crippen LogP contribution in [0.1, 0.15) is 42.6 Å². The molecule has 1 rings (SSSR count). The molecule has 1 aromatic heterocycles. The van der Waals surface area contributed by atoms with Gasteiger partial charge in [0.1, 0.15) is 0 Å². The predicted molar refractivity (Wildman–Crippen MR) is 76.6 cm³/mol. The highest BCUT2D eigenvalue weighted by Gasteiger charge is 2.32. The number of hydrogen-bond donors (Lipinski definition) is 2. The molecule has 0 radical (unpaired) electrons. The van der Waals surface area contributed by atoms with Crippen LogP contribution in [0.2, 0.25) is 0 Å². The third kappa shape index (κ3) is 2.84. The molecule has 0 aliphatic rings. The third-order valence-corrected chi connectivity index (χ3v) is 4.38. The summed E-state index contributed by atoms with van der Waals surface area (Å²) < 4.78 is 0.